The molecule has 0 saturated carbocycles. The molecule has 1 aromatic rings. The molecule has 2 nitrogen and oxygen atoms in total. The van der Waals surface area contributed by atoms with Gasteiger partial charge in [0.2, 0.25) is 0 Å². The van der Waals surface area contributed by atoms with Crippen molar-refractivity contribution in [3.63, 3.8) is 0 Å². The Morgan fingerprint density at radius 1 is 1.35 bits per heavy atom. The maximum Gasteiger partial charge on any atom is 0.319 e. The summed E-state index contributed by atoms with van der Waals surface area (Å²) in [6.45, 7) is 4.18. The van der Waals surface area contributed by atoms with Crippen molar-refractivity contribution in [2.75, 3.05) is 6.61 Å². The van der Waals surface area contributed by atoms with Gasteiger partial charge in [-0.05, 0) is 18.9 Å². The first-order valence-corrected chi connectivity index (χ1v) is 6.90. The monoisotopic (exact) mass is 268 g/mol. The van der Waals surface area contributed by atoms with Gasteiger partial charge in [0.25, 0.3) is 0 Å². The molecule has 0 fully saturated rings. The maximum absolute atomic E-state index is 11.6. The lowest BCUT2D eigenvalue weighted by atomic mass is 10.2. The molecule has 0 saturated heterocycles. The molecule has 0 aliphatic rings. The second-order valence-electron chi connectivity index (χ2n) is 3.42. The number of carbonyl (C=O) groups is 1. The van der Waals surface area contributed by atoms with Crippen molar-refractivity contribution >= 4 is 34.1 Å². The van der Waals surface area contributed by atoms with Gasteiger partial charge in [-0.1, -0.05) is 61.2 Å². The summed E-state index contributed by atoms with van der Waals surface area (Å²) < 4.78 is 5.75. The van der Waals surface area contributed by atoms with Gasteiger partial charge in [-0.3, -0.25) is 4.79 Å². The summed E-state index contributed by atoms with van der Waals surface area (Å²) in [6.07, 6.45) is 0.719. The SMILES string of the molecule is CCOC(=O)C(CC)SC(=S)c1ccccc1. The van der Waals surface area contributed by atoms with Gasteiger partial charge in [-0.15, -0.1) is 0 Å². The summed E-state index contributed by atoms with van der Waals surface area (Å²) >= 11 is 6.72. The van der Waals surface area contributed by atoms with Crippen LogP contribution >= 0.6 is 24.0 Å². The number of thioether (sulfide) groups is 1. The van der Waals surface area contributed by atoms with Gasteiger partial charge in [-0.25, -0.2) is 0 Å². The zero-order valence-corrected chi connectivity index (χ0v) is 11.6. The number of hydrogen-bond acceptors (Lipinski definition) is 4. The Morgan fingerprint density at radius 3 is 2.53 bits per heavy atom. The van der Waals surface area contributed by atoms with Crippen molar-refractivity contribution < 1.29 is 9.53 Å². The predicted molar refractivity (Wildman–Crippen MR) is 76.4 cm³/mol. The number of benzene rings is 1. The fraction of sp³-hybridized carbons (Fsp3) is 0.385. The highest BCUT2D eigenvalue weighted by atomic mass is 32.2. The molecule has 92 valence electrons. The zero-order chi connectivity index (χ0) is 12.7. The number of carbonyl (C=O) groups excluding carboxylic acids is 1. The van der Waals surface area contributed by atoms with E-state index in [0.29, 0.717) is 6.61 Å². The van der Waals surface area contributed by atoms with E-state index in [0.717, 1.165) is 16.2 Å². The van der Waals surface area contributed by atoms with Crippen molar-refractivity contribution in [2.45, 2.75) is 25.5 Å². The summed E-state index contributed by atoms with van der Waals surface area (Å²) in [5.41, 5.74) is 0.982. The fourth-order valence-corrected chi connectivity index (χ4v) is 2.65. The van der Waals surface area contributed by atoms with Crippen molar-refractivity contribution in [3.8, 4) is 0 Å². The Bertz CT molecular complexity index is 376. The van der Waals surface area contributed by atoms with Gasteiger partial charge in [0.1, 0.15) is 5.25 Å². The van der Waals surface area contributed by atoms with Crippen molar-refractivity contribution in [2.24, 2.45) is 0 Å². The fourth-order valence-electron chi connectivity index (χ4n) is 1.30. The Labute approximate surface area is 112 Å². The van der Waals surface area contributed by atoms with Gasteiger partial charge < -0.3 is 4.74 Å². The van der Waals surface area contributed by atoms with Crippen LogP contribution in [0.25, 0.3) is 0 Å². The van der Waals surface area contributed by atoms with Crippen LogP contribution in [0.1, 0.15) is 25.8 Å². The van der Waals surface area contributed by atoms with E-state index >= 15 is 0 Å². The minimum Gasteiger partial charge on any atom is -0.465 e. The Balaban J connectivity index is 2.63. The van der Waals surface area contributed by atoms with Crippen LogP contribution < -0.4 is 0 Å². The summed E-state index contributed by atoms with van der Waals surface area (Å²) in [7, 11) is 0. The number of hydrogen-bond donors (Lipinski definition) is 0. The molecule has 0 amide bonds. The van der Waals surface area contributed by atoms with E-state index in [1.165, 1.54) is 11.8 Å². The lowest BCUT2D eigenvalue weighted by Crippen LogP contribution is -2.21. The number of esters is 1. The molecule has 0 aliphatic carbocycles. The van der Waals surface area contributed by atoms with Crippen LogP contribution in [0.4, 0.5) is 0 Å². The van der Waals surface area contributed by atoms with Crippen LogP contribution in [0.15, 0.2) is 30.3 Å². The van der Waals surface area contributed by atoms with Crippen LogP contribution in [-0.4, -0.2) is 22.0 Å². The molecule has 0 aliphatic heterocycles. The predicted octanol–water partition coefficient (Wildman–Crippen LogP) is 3.44. The molecule has 1 rings (SSSR count). The van der Waals surface area contributed by atoms with Crippen LogP contribution in [-0.2, 0) is 9.53 Å². The standard InChI is InChI=1S/C13H16O2S2/c1-3-11(12(14)15-4-2)17-13(16)10-8-6-5-7-9-10/h5-9,11H,3-4H2,1-2H3. The smallest absolute Gasteiger partial charge is 0.319 e. The molecule has 1 unspecified atom stereocenters. The molecule has 0 bridgehead atoms. The second-order valence-corrected chi connectivity index (χ2v) is 5.30. The second kappa shape index (κ2) is 7.45. The number of thiocarbonyl (C=S) groups is 1. The lowest BCUT2D eigenvalue weighted by molar-refractivity contribution is -0.142. The van der Waals surface area contributed by atoms with Gasteiger partial charge in [-0.2, -0.15) is 0 Å². The highest BCUT2D eigenvalue weighted by Crippen LogP contribution is 2.22. The lowest BCUT2D eigenvalue weighted by Gasteiger charge is -2.13. The van der Waals surface area contributed by atoms with Gasteiger partial charge in [0.05, 0.1) is 10.8 Å². The molecule has 0 aromatic heterocycles. The first-order chi connectivity index (χ1) is 8.19. The average molecular weight is 268 g/mol. The maximum atomic E-state index is 11.6. The van der Waals surface area contributed by atoms with Gasteiger partial charge in [0.15, 0.2) is 0 Å². The molecular formula is C13H16O2S2. The van der Waals surface area contributed by atoms with Crippen molar-refractivity contribution in [1.29, 1.82) is 0 Å². The summed E-state index contributed by atoms with van der Waals surface area (Å²) in [5, 5.41) is -0.206. The van der Waals surface area contributed by atoms with E-state index in [9.17, 15) is 4.79 Å². The molecule has 1 atom stereocenters. The molecule has 1 aromatic carbocycles. The topological polar surface area (TPSA) is 26.3 Å². The third-order valence-electron chi connectivity index (χ3n) is 2.18. The normalized spacial score (nSPS) is 11.9. The Kier molecular flexibility index (Phi) is 6.22. The molecule has 0 N–H and O–H groups in total. The third kappa shape index (κ3) is 4.48. The number of ether oxygens (including phenoxy) is 1. The highest BCUT2D eigenvalue weighted by Gasteiger charge is 2.20. The van der Waals surface area contributed by atoms with Gasteiger partial charge >= 0.3 is 5.97 Å². The van der Waals surface area contributed by atoms with Crippen LogP contribution in [0.5, 0.6) is 0 Å². The van der Waals surface area contributed by atoms with E-state index in [1.807, 2.05) is 44.2 Å². The minimum absolute atomic E-state index is 0.182. The number of rotatable bonds is 5. The first-order valence-electron chi connectivity index (χ1n) is 5.61. The van der Waals surface area contributed by atoms with E-state index in [1.54, 1.807) is 0 Å². The molecule has 0 heterocycles. The zero-order valence-electron chi connectivity index (χ0n) is 10.0. The quantitative estimate of drug-likeness (QED) is 0.603. The van der Waals surface area contributed by atoms with E-state index < -0.39 is 0 Å². The Hall–Kier alpha value is -0.870. The Morgan fingerprint density at radius 2 is 2.00 bits per heavy atom. The molecule has 4 heteroatoms. The summed E-state index contributed by atoms with van der Waals surface area (Å²) in [6, 6.07) is 9.72. The highest BCUT2D eigenvalue weighted by molar-refractivity contribution is 8.24. The van der Waals surface area contributed by atoms with E-state index in [2.05, 4.69) is 0 Å². The summed E-state index contributed by atoms with van der Waals surface area (Å²) in [4.78, 5) is 11.6. The van der Waals surface area contributed by atoms with Crippen LogP contribution in [0.3, 0.4) is 0 Å². The van der Waals surface area contributed by atoms with Crippen molar-refractivity contribution in [1.82, 2.24) is 0 Å². The molecular weight excluding hydrogens is 252 g/mol. The van der Waals surface area contributed by atoms with Crippen LogP contribution in [0.2, 0.25) is 0 Å². The van der Waals surface area contributed by atoms with E-state index in [4.69, 9.17) is 17.0 Å². The molecule has 0 radical (unpaired) electrons. The van der Waals surface area contributed by atoms with E-state index in [-0.39, 0.29) is 11.2 Å². The van der Waals surface area contributed by atoms with Crippen LogP contribution in [0, 0.1) is 0 Å². The third-order valence-corrected chi connectivity index (χ3v) is 3.96. The first kappa shape index (κ1) is 14.2. The van der Waals surface area contributed by atoms with Gasteiger partial charge in [0, 0.05) is 0 Å². The summed E-state index contributed by atoms with van der Waals surface area (Å²) in [5.74, 6) is -0.182. The average Bonchev–Trinajstić information content (AvgIpc) is 2.37. The molecule has 17 heavy (non-hydrogen) atoms. The van der Waals surface area contributed by atoms with Crippen molar-refractivity contribution in [3.05, 3.63) is 35.9 Å². The largest absolute Gasteiger partial charge is 0.465 e. The molecule has 0 spiro atoms. The minimum atomic E-state index is -0.206.